The van der Waals surface area contributed by atoms with Crippen LogP contribution in [0.2, 0.25) is 0 Å². The third-order valence-corrected chi connectivity index (χ3v) is 5.60. The maximum atomic E-state index is 11.6. The predicted octanol–water partition coefficient (Wildman–Crippen LogP) is 4.58. The zero-order valence-electron chi connectivity index (χ0n) is 15.4. The van der Waals surface area contributed by atoms with Gasteiger partial charge in [0.2, 0.25) is 0 Å². The fourth-order valence-electron chi connectivity index (χ4n) is 3.38. The molecule has 1 atom stereocenters. The maximum absolute atomic E-state index is 11.6. The van der Waals surface area contributed by atoms with Gasteiger partial charge in [0, 0.05) is 16.6 Å². The van der Waals surface area contributed by atoms with Crippen LogP contribution in [0, 0.1) is 12.8 Å². The molecule has 0 bridgehead atoms. The molecule has 0 aliphatic carbocycles. The fourth-order valence-corrected chi connectivity index (χ4v) is 3.73. The van der Waals surface area contributed by atoms with Gasteiger partial charge in [-0.05, 0) is 70.5 Å². The number of rotatable bonds is 9. The number of piperidine rings is 1. The van der Waals surface area contributed by atoms with Gasteiger partial charge in [-0.25, -0.2) is 0 Å². The average Bonchev–Trinajstić information content (AvgIpc) is 2.59. The molecule has 0 unspecified atom stereocenters. The first kappa shape index (κ1) is 20.2. The van der Waals surface area contributed by atoms with Gasteiger partial charge in [0.25, 0.3) is 0 Å². The molecule has 5 heteroatoms. The summed E-state index contributed by atoms with van der Waals surface area (Å²) in [5.74, 6) is 1.56. The second-order valence-electron chi connectivity index (χ2n) is 6.76. The molecule has 0 aromatic heterocycles. The Morgan fingerprint density at radius 2 is 2.20 bits per heavy atom. The van der Waals surface area contributed by atoms with Crippen LogP contribution in [0.5, 0.6) is 5.75 Å². The third kappa shape index (κ3) is 6.98. The highest BCUT2D eigenvalue weighted by Gasteiger charge is 2.21. The molecular formula is C20H30BrNO3. The van der Waals surface area contributed by atoms with Crippen LogP contribution in [0.15, 0.2) is 22.7 Å². The van der Waals surface area contributed by atoms with E-state index in [-0.39, 0.29) is 5.97 Å². The van der Waals surface area contributed by atoms with Crippen LogP contribution in [-0.4, -0.2) is 43.7 Å². The predicted molar refractivity (Wildman–Crippen MR) is 104 cm³/mol. The molecule has 1 aromatic carbocycles. The second kappa shape index (κ2) is 10.8. The fraction of sp³-hybridized carbons (Fsp3) is 0.650. The van der Waals surface area contributed by atoms with E-state index < -0.39 is 0 Å². The number of likely N-dealkylation sites (tertiary alicyclic amines) is 1. The summed E-state index contributed by atoms with van der Waals surface area (Å²) in [6.45, 7) is 7.62. The van der Waals surface area contributed by atoms with Crippen molar-refractivity contribution >= 4 is 21.9 Å². The van der Waals surface area contributed by atoms with E-state index in [2.05, 4.69) is 27.8 Å². The Balaban J connectivity index is 1.62. The SMILES string of the molecule is CCOC(=O)CN1CCC[C@H](CCCCOc2cccc(Br)c2C)C1. The van der Waals surface area contributed by atoms with Crippen LogP contribution >= 0.6 is 15.9 Å². The summed E-state index contributed by atoms with van der Waals surface area (Å²) < 4.78 is 12.1. The summed E-state index contributed by atoms with van der Waals surface area (Å²) in [6, 6.07) is 6.06. The number of nitrogens with zero attached hydrogens (tertiary/aromatic N) is 1. The Morgan fingerprint density at radius 3 is 3.00 bits per heavy atom. The lowest BCUT2D eigenvalue weighted by Crippen LogP contribution is -2.39. The van der Waals surface area contributed by atoms with Crippen LogP contribution in [0.4, 0.5) is 0 Å². The van der Waals surface area contributed by atoms with Crippen molar-refractivity contribution in [1.82, 2.24) is 4.90 Å². The number of benzene rings is 1. The Bertz CT molecular complexity index is 550. The average molecular weight is 412 g/mol. The summed E-state index contributed by atoms with van der Waals surface area (Å²) in [6.07, 6.45) is 5.90. The van der Waals surface area contributed by atoms with E-state index in [1.54, 1.807) is 0 Å². The molecule has 1 saturated heterocycles. The van der Waals surface area contributed by atoms with Crippen LogP contribution in [0.3, 0.4) is 0 Å². The van der Waals surface area contributed by atoms with Crippen LogP contribution in [0.25, 0.3) is 0 Å². The highest BCUT2D eigenvalue weighted by atomic mass is 79.9. The Kier molecular flexibility index (Phi) is 8.76. The molecule has 0 saturated carbocycles. The second-order valence-corrected chi connectivity index (χ2v) is 7.61. The largest absolute Gasteiger partial charge is 0.493 e. The van der Waals surface area contributed by atoms with Crippen molar-refractivity contribution in [3.63, 3.8) is 0 Å². The van der Waals surface area contributed by atoms with Crippen molar-refractivity contribution in [3.8, 4) is 5.75 Å². The number of hydrogen-bond donors (Lipinski definition) is 0. The summed E-state index contributed by atoms with van der Waals surface area (Å²) in [4.78, 5) is 13.9. The van der Waals surface area contributed by atoms with Crippen molar-refractivity contribution < 1.29 is 14.3 Å². The monoisotopic (exact) mass is 411 g/mol. The topological polar surface area (TPSA) is 38.8 Å². The first-order valence-corrected chi connectivity index (χ1v) is 10.1. The first-order valence-electron chi connectivity index (χ1n) is 9.36. The summed E-state index contributed by atoms with van der Waals surface area (Å²) in [5, 5.41) is 0. The zero-order valence-corrected chi connectivity index (χ0v) is 17.0. The lowest BCUT2D eigenvalue weighted by molar-refractivity contribution is -0.144. The zero-order chi connectivity index (χ0) is 18.1. The van der Waals surface area contributed by atoms with Crippen LogP contribution in [0.1, 0.15) is 44.6 Å². The van der Waals surface area contributed by atoms with Gasteiger partial charge < -0.3 is 9.47 Å². The van der Waals surface area contributed by atoms with E-state index in [1.165, 1.54) is 25.7 Å². The minimum atomic E-state index is -0.0964. The minimum Gasteiger partial charge on any atom is -0.493 e. The van der Waals surface area contributed by atoms with Crippen LogP contribution in [-0.2, 0) is 9.53 Å². The normalized spacial score (nSPS) is 18.1. The Morgan fingerprint density at radius 1 is 1.36 bits per heavy atom. The number of halogens is 1. The molecule has 0 radical (unpaired) electrons. The van der Waals surface area contributed by atoms with Crippen molar-refractivity contribution in [2.75, 3.05) is 32.8 Å². The van der Waals surface area contributed by atoms with E-state index in [0.29, 0.717) is 19.1 Å². The highest BCUT2D eigenvalue weighted by molar-refractivity contribution is 9.10. The lowest BCUT2D eigenvalue weighted by atomic mass is 9.93. The van der Waals surface area contributed by atoms with Gasteiger partial charge in [0.15, 0.2) is 0 Å². The van der Waals surface area contributed by atoms with Gasteiger partial charge in [0.1, 0.15) is 5.75 Å². The molecule has 140 valence electrons. The Labute approximate surface area is 160 Å². The molecule has 0 spiro atoms. The summed E-state index contributed by atoms with van der Waals surface area (Å²) in [5.41, 5.74) is 1.16. The van der Waals surface area contributed by atoms with Gasteiger partial charge in [-0.1, -0.05) is 22.0 Å². The van der Waals surface area contributed by atoms with E-state index >= 15 is 0 Å². The molecule has 0 N–H and O–H groups in total. The molecule has 1 fully saturated rings. The van der Waals surface area contributed by atoms with Crippen molar-refractivity contribution in [2.24, 2.45) is 5.92 Å². The first-order chi connectivity index (χ1) is 12.1. The molecule has 1 heterocycles. The van der Waals surface area contributed by atoms with E-state index in [9.17, 15) is 4.79 Å². The van der Waals surface area contributed by atoms with E-state index in [0.717, 1.165) is 41.9 Å². The molecule has 1 aliphatic heterocycles. The maximum Gasteiger partial charge on any atom is 0.320 e. The smallest absolute Gasteiger partial charge is 0.320 e. The summed E-state index contributed by atoms with van der Waals surface area (Å²) in [7, 11) is 0. The molecule has 0 amide bonds. The van der Waals surface area contributed by atoms with E-state index in [4.69, 9.17) is 9.47 Å². The molecular weight excluding hydrogens is 382 g/mol. The molecule has 1 aromatic rings. The van der Waals surface area contributed by atoms with Gasteiger partial charge in [-0.3, -0.25) is 9.69 Å². The van der Waals surface area contributed by atoms with Crippen molar-refractivity contribution in [2.45, 2.75) is 46.0 Å². The van der Waals surface area contributed by atoms with Gasteiger partial charge >= 0.3 is 5.97 Å². The number of unbranched alkanes of at least 4 members (excludes halogenated alkanes) is 1. The number of carbonyl (C=O) groups is 1. The Hall–Kier alpha value is -1.07. The molecule has 1 aliphatic rings. The van der Waals surface area contributed by atoms with E-state index in [1.807, 2.05) is 25.1 Å². The van der Waals surface area contributed by atoms with Gasteiger partial charge in [0.05, 0.1) is 19.8 Å². The molecule has 2 rings (SSSR count). The van der Waals surface area contributed by atoms with Crippen LogP contribution < -0.4 is 4.74 Å². The lowest BCUT2D eigenvalue weighted by Gasteiger charge is -2.32. The highest BCUT2D eigenvalue weighted by Crippen LogP contribution is 2.26. The third-order valence-electron chi connectivity index (χ3n) is 4.74. The minimum absolute atomic E-state index is 0.0964. The standard InChI is InChI=1S/C20H30BrNO3/c1-3-24-20(23)15-22-12-7-9-17(14-22)8-4-5-13-25-19-11-6-10-18(21)16(19)2/h6,10-11,17H,3-5,7-9,12-15H2,1-2H3/t17-/m0/s1. The number of carbonyl (C=O) groups excluding carboxylic acids is 1. The number of hydrogen-bond acceptors (Lipinski definition) is 4. The number of esters is 1. The molecule has 4 nitrogen and oxygen atoms in total. The van der Waals surface area contributed by atoms with Crippen molar-refractivity contribution in [3.05, 3.63) is 28.2 Å². The number of ether oxygens (including phenoxy) is 2. The summed E-state index contributed by atoms with van der Waals surface area (Å²) >= 11 is 3.54. The quantitative estimate of drug-likeness (QED) is 0.440. The van der Waals surface area contributed by atoms with Gasteiger partial charge in [-0.2, -0.15) is 0 Å². The van der Waals surface area contributed by atoms with Crippen molar-refractivity contribution in [1.29, 1.82) is 0 Å². The molecule has 25 heavy (non-hydrogen) atoms. The van der Waals surface area contributed by atoms with Gasteiger partial charge in [-0.15, -0.1) is 0 Å².